The van der Waals surface area contributed by atoms with E-state index >= 15 is 0 Å². The molecule has 2 rings (SSSR count). The second-order valence-corrected chi connectivity index (χ2v) is 6.05. The predicted octanol–water partition coefficient (Wildman–Crippen LogP) is 4.51. The first kappa shape index (κ1) is 19.5. The van der Waals surface area contributed by atoms with Crippen LogP contribution in [-0.2, 0) is 16.1 Å². The summed E-state index contributed by atoms with van der Waals surface area (Å²) in [6.45, 7) is 2.70. The van der Waals surface area contributed by atoms with E-state index in [1.807, 2.05) is 43.3 Å². The van der Waals surface area contributed by atoms with Gasteiger partial charge in [-0.15, -0.1) is 0 Å². The molecule has 0 fully saturated rings. The molecular weight excluding hydrogens is 398 g/mol. The molecule has 0 atom stereocenters. The summed E-state index contributed by atoms with van der Waals surface area (Å²) < 4.78 is 16.8. The molecule has 5 nitrogen and oxygen atoms in total. The molecule has 0 spiro atoms. The van der Waals surface area contributed by atoms with Crippen LogP contribution in [0.3, 0.4) is 0 Å². The summed E-state index contributed by atoms with van der Waals surface area (Å²) >= 11 is 3.47. The molecule has 2 aromatic carbocycles. The number of hydrogen-bond donors (Lipinski definition) is 0. The minimum Gasteiger partial charge on any atom is -0.490 e. The van der Waals surface area contributed by atoms with Crippen LogP contribution in [-0.4, -0.2) is 19.7 Å². The first-order valence-electron chi connectivity index (χ1n) is 7.92. The number of nitrogens with zero attached hydrogens (tertiary/aromatic N) is 1. The molecule has 6 heteroatoms. The molecule has 0 saturated carbocycles. The third kappa shape index (κ3) is 5.11. The van der Waals surface area contributed by atoms with Crippen LogP contribution >= 0.6 is 15.9 Å². The van der Waals surface area contributed by atoms with Gasteiger partial charge in [-0.1, -0.05) is 30.3 Å². The topological polar surface area (TPSA) is 68.5 Å². The fourth-order valence-corrected chi connectivity index (χ4v) is 2.79. The van der Waals surface area contributed by atoms with Gasteiger partial charge in [-0.3, -0.25) is 0 Å². The Bertz CT molecular complexity index is 841. The van der Waals surface area contributed by atoms with Crippen molar-refractivity contribution in [3.63, 3.8) is 0 Å². The molecular formula is C20H18BrNO4. The van der Waals surface area contributed by atoms with Crippen molar-refractivity contribution >= 4 is 28.0 Å². The van der Waals surface area contributed by atoms with Gasteiger partial charge in [-0.05, 0) is 52.2 Å². The first-order valence-corrected chi connectivity index (χ1v) is 8.71. The second kappa shape index (κ2) is 9.64. The predicted molar refractivity (Wildman–Crippen MR) is 102 cm³/mol. The third-order valence-corrected chi connectivity index (χ3v) is 3.98. The highest BCUT2D eigenvalue weighted by Crippen LogP contribution is 2.38. The van der Waals surface area contributed by atoms with Crippen LogP contribution in [0.15, 0.2) is 52.5 Å². The molecule has 0 saturated heterocycles. The Hall–Kier alpha value is -2.78. The fraction of sp³-hybridized carbons (Fsp3) is 0.200. The summed E-state index contributed by atoms with van der Waals surface area (Å²) in [5, 5.41) is 9.11. The van der Waals surface area contributed by atoms with E-state index in [4.69, 9.17) is 14.7 Å². The van der Waals surface area contributed by atoms with Crippen molar-refractivity contribution in [3.05, 3.63) is 63.6 Å². The fourth-order valence-electron chi connectivity index (χ4n) is 2.22. The van der Waals surface area contributed by atoms with Crippen LogP contribution < -0.4 is 9.47 Å². The Morgan fingerprint density at radius 3 is 2.58 bits per heavy atom. The maximum atomic E-state index is 11.6. The van der Waals surface area contributed by atoms with Gasteiger partial charge in [0, 0.05) is 0 Å². The Labute approximate surface area is 160 Å². The number of ether oxygens (including phenoxy) is 3. The molecule has 0 unspecified atom stereocenters. The quantitative estimate of drug-likeness (QED) is 0.378. The molecule has 0 aliphatic carbocycles. The molecule has 0 radical (unpaired) electrons. The van der Waals surface area contributed by atoms with E-state index in [0.717, 1.165) is 5.56 Å². The number of carbonyl (C=O) groups is 1. The average molecular weight is 416 g/mol. The third-order valence-electron chi connectivity index (χ3n) is 3.39. The zero-order valence-corrected chi connectivity index (χ0v) is 16.1. The normalized spacial score (nSPS) is 10.8. The summed E-state index contributed by atoms with van der Waals surface area (Å²) in [5.74, 6) is 0.390. The average Bonchev–Trinajstić information content (AvgIpc) is 2.66. The van der Waals surface area contributed by atoms with E-state index in [0.29, 0.717) is 34.7 Å². The van der Waals surface area contributed by atoms with E-state index in [-0.39, 0.29) is 5.57 Å². The summed E-state index contributed by atoms with van der Waals surface area (Å²) in [7, 11) is 1.23. The highest BCUT2D eigenvalue weighted by molar-refractivity contribution is 9.10. The van der Waals surface area contributed by atoms with E-state index in [1.54, 1.807) is 12.1 Å². The van der Waals surface area contributed by atoms with Crippen molar-refractivity contribution in [1.82, 2.24) is 0 Å². The monoisotopic (exact) mass is 415 g/mol. The minimum atomic E-state index is -0.689. The van der Waals surface area contributed by atoms with Gasteiger partial charge in [0.2, 0.25) is 0 Å². The van der Waals surface area contributed by atoms with E-state index in [1.165, 1.54) is 13.2 Å². The van der Waals surface area contributed by atoms with Crippen molar-refractivity contribution in [1.29, 1.82) is 5.26 Å². The SMILES string of the molecule is CCOc1cc(/C=C(\C#N)C(=O)OC)cc(Br)c1OCc1ccccc1. The van der Waals surface area contributed by atoms with Gasteiger partial charge in [0.05, 0.1) is 18.2 Å². The molecule has 0 aromatic heterocycles. The van der Waals surface area contributed by atoms with Crippen LogP contribution in [0.1, 0.15) is 18.1 Å². The van der Waals surface area contributed by atoms with Gasteiger partial charge in [0.1, 0.15) is 18.2 Å². The molecule has 0 aliphatic heterocycles. The molecule has 0 bridgehead atoms. The van der Waals surface area contributed by atoms with Crippen molar-refractivity contribution in [2.45, 2.75) is 13.5 Å². The molecule has 134 valence electrons. The maximum Gasteiger partial charge on any atom is 0.348 e. The van der Waals surface area contributed by atoms with Crippen molar-refractivity contribution in [3.8, 4) is 17.6 Å². The van der Waals surface area contributed by atoms with Gasteiger partial charge >= 0.3 is 5.97 Å². The van der Waals surface area contributed by atoms with Gasteiger partial charge in [-0.2, -0.15) is 5.26 Å². The Kier molecular flexibility index (Phi) is 7.24. The van der Waals surface area contributed by atoms with Crippen LogP contribution in [0.4, 0.5) is 0 Å². The standard InChI is InChI=1S/C20H18BrNO4/c1-3-25-18-11-15(9-16(12-22)20(23)24-2)10-17(21)19(18)26-13-14-7-5-4-6-8-14/h4-11H,3,13H2,1-2H3/b16-9+. The molecule has 0 heterocycles. The Morgan fingerprint density at radius 1 is 1.23 bits per heavy atom. The molecule has 2 aromatic rings. The van der Waals surface area contributed by atoms with Gasteiger partial charge in [0.15, 0.2) is 11.5 Å². The number of hydrogen-bond acceptors (Lipinski definition) is 5. The number of carbonyl (C=O) groups excluding carboxylic acids is 1. The molecule has 0 aliphatic rings. The largest absolute Gasteiger partial charge is 0.490 e. The number of methoxy groups -OCH3 is 1. The molecule has 0 amide bonds. The van der Waals surface area contributed by atoms with Crippen LogP contribution in [0, 0.1) is 11.3 Å². The summed E-state index contributed by atoms with van der Waals surface area (Å²) in [6, 6.07) is 15.1. The highest BCUT2D eigenvalue weighted by Gasteiger charge is 2.14. The number of nitriles is 1. The van der Waals surface area contributed by atoms with Gasteiger partial charge in [0.25, 0.3) is 0 Å². The summed E-state index contributed by atoms with van der Waals surface area (Å²) in [6.07, 6.45) is 1.44. The van der Waals surface area contributed by atoms with E-state index < -0.39 is 5.97 Å². The zero-order valence-electron chi connectivity index (χ0n) is 14.5. The van der Waals surface area contributed by atoms with Gasteiger partial charge in [-0.25, -0.2) is 4.79 Å². The van der Waals surface area contributed by atoms with Crippen LogP contribution in [0.2, 0.25) is 0 Å². The van der Waals surface area contributed by atoms with Crippen molar-refractivity contribution < 1.29 is 19.0 Å². The maximum absolute atomic E-state index is 11.6. The smallest absolute Gasteiger partial charge is 0.348 e. The minimum absolute atomic E-state index is 0.0974. The zero-order chi connectivity index (χ0) is 18.9. The van der Waals surface area contributed by atoms with E-state index in [9.17, 15) is 4.79 Å². The van der Waals surface area contributed by atoms with Crippen LogP contribution in [0.25, 0.3) is 6.08 Å². The number of halogens is 1. The Morgan fingerprint density at radius 2 is 1.96 bits per heavy atom. The van der Waals surface area contributed by atoms with Crippen molar-refractivity contribution in [2.75, 3.05) is 13.7 Å². The lowest BCUT2D eigenvalue weighted by Gasteiger charge is -2.15. The number of esters is 1. The summed E-state index contributed by atoms with van der Waals surface area (Å²) in [4.78, 5) is 11.6. The number of rotatable bonds is 7. The second-order valence-electron chi connectivity index (χ2n) is 5.20. The lowest BCUT2D eigenvalue weighted by Crippen LogP contribution is -2.03. The number of benzene rings is 2. The van der Waals surface area contributed by atoms with Crippen LogP contribution in [0.5, 0.6) is 11.5 Å². The highest BCUT2D eigenvalue weighted by atomic mass is 79.9. The Balaban J connectivity index is 2.34. The lowest BCUT2D eigenvalue weighted by atomic mass is 10.1. The lowest BCUT2D eigenvalue weighted by molar-refractivity contribution is -0.135. The van der Waals surface area contributed by atoms with E-state index in [2.05, 4.69) is 20.7 Å². The van der Waals surface area contributed by atoms with Gasteiger partial charge < -0.3 is 14.2 Å². The first-order chi connectivity index (χ1) is 12.6. The molecule has 26 heavy (non-hydrogen) atoms. The summed E-state index contributed by atoms with van der Waals surface area (Å²) in [5.41, 5.74) is 1.55. The molecule has 0 N–H and O–H groups in total. The van der Waals surface area contributed by atoms with Crippen molar-refractivity contribution in [2.24, 2.45) is 0 Å².